The number of carbonyl (C=O) groups is 1. The molecule has 0 saturated heterocycles. The molecular weight excluding hydrogens is 346 g/mol. The van der Waals surface area contributed by atoms with Gasteiger partial charge in [0.2, 0.25) is 5.91 Å². The van der Waals surface area contributed by atoms with Crippen molar-refractivity contribution in [1.82, 2.24) is 5.32 Å². The lowest BCUT2D eigenvalue weighted by atomic mass is 9.92. The highest BCUT2D eigenvalue weighted by molar-refractivity contribution is 5.79. The van der Waals surface area contributed by atoms with Crippen LogP contribution in [0.15, 0.2) is 30.3 Å². The molecule has 0 bridgehead atoms. The molecule has 0 fully saturated rings. The molecule has 0 aliphatic rings. The second-order valence-corrected chi connectivity index (χ2v) is 8.26. The standard InChI is InChI=1S/C25H43NO2/c1-4-6-8-10-11-14-20-23(19-13-9-7-5-2)25(28)26-21(3)24(27)22-17-15-12-16-18-22/h12,15-18,21,23-24,27H,4-11,13-14,19-20H2,1-3H3,(H,26,28)/t21-,23?,24-/m0/s1. The van der Waals surface area contributed by atoms with Gasteiger partial charge in [0.1, 0.15) is 0 Å². The third-order valence-electron chi connectivity index (χ3n) is 5.67. The minimum atomic E-state index is -0.667. The summed E-state index contributed by atoms with van der Waals surface area (Å²) < 4.78 is 0. The summed E-state index contributed by atoms with van der Waals surface area (Å²) in [6, 6.07) is 9.31. The van der Waals surface area contributed by atoms with Crippen LogP contribution in [0.25, 0.3) is 0 Å². The summed E-state index contributed by atoms with van der Waals surface area (Å²) in [5, 5.41) is 13.6. The molecule has 1 unspecified atom stereocenters. The summed E-state index contributed by atoms with van der Waals surface area (Å²) in [6.07, 6.45) is 13.6. The Morgan fingerprint density at radius 1 is 0.857 bits per heavy atom. The van der Waals surface area contributed by atoms with E-state index in [1.807, 2.05) is 37.3 Å². The molecule has 1 aromatic carbocycles. The highest BCUT2D eigenvalue weighted by Crippen LogP contribution is 2.21. The molecule has 1 aromatic rings. The van der Waals surface area contributed by atoms with Gasteiger partial charge >= 0.3 is 0 Å². The number of hydrogen-bond acceptors (Lipinski definition) is 2. The largest absolute Gasteiger partial charge is 0.386 e. The van der Waals surface area contributed by atoms with E-state index >= 15 is 0 Å². The summed E-state index contributed by atoms with van der Waals surface area (Å²) in [7, 11) is 0. The van der Waals surface area contributed by atoms with E-state index in [4.69, 9.17) is 0 Å². The SMILES string of the molecule is CCCCCCCCC(CCCCCC)C(=O)N[C@@H](C)[C@H](O)c1ccccc1. The van der Waals surface area contributed by atoms with E-state index in [1.54, 1.807) is 0 Å². The second-order valence-electron chi connectivity index (χ2n) is 8.26. The van der Waals surface area contributed by atoms with Crippen LogP contribution >= 0.6 is 0 Å². The lowest BCUT2D eigenvalue weighted by molar-refractivity contribution is -0.127. The van der Waals surface area contributed by atoms with Crippen molar-refractivity contribution in [2.45, 2.75) is 110 Å². The molecule has 0 radical (unpaired) electrons. The van der Waals surface area contributed by atoms with Crippen molar-refractivity contribution < 1.29 is 9.90 Å². The molecule has 160 valence electrons. The molecule has 1 amide bonds. The molecule has 0 aliphatic heterocycles. The number of aliphatic hydroxyl groups excluding tert-OH is 1. The first-order valence-electron chi connectivity index (χ1n) is 11.6. The van der Waals surface area contributed by atoms with Crippen LogP contribution in [0.5, 0.6) is 0 Å². The number of nitrogens with one attached hydrogen (secondary N) is 1. The van der Waals surface area contributed by atoms with Gasteiger partial charge in [-0.2, -0.15) is 0 Å². The monoisotopic (exact) mass is 389 g/mol. The summed E-state index contributed by atoms with van der Waals surface area (Å²) in [6.45, 7) is 6.35. The Balaban J connectivity index is 2.51. The highest BCUT2D eigenvalue weighted by atomic mass is 16.3. The smallest absolute Gasteiger partial charge is 0.223 e. The zero-order valence-electron chi connectivity index (χ0n) is 18.5. The Hall–Kier alpha value is -1.35. The molecule has 1 rings (SSSR count). The van der Waals surface area contributed by atoms with Crippen LogP contribution in [0.4, 0.5) is 0 Å². The number of benzene rings is 1. The topological polar surface area (TPSA) is 49.3 Å². The van der Waals surface area contributed by atoms with Gasteiger partial charge in [-0.25, -0.2) is 0 Å². The fraction of sp³-hybridized carbons (Fsp3) is 0.720. The van der Waals surface area contributed by atoms with Gasteiger partial charge in [0.25, 0.3) is 0 Å². The van der Waals surface area contributed by atoms with E-state index in [1.165, 1.54) is 51.4 Å². The van der Waals surface area contributed by atoms with Crippen molar-refractivity contribution in [2.75, 3.05) is 0 Å². The fourth-order valence-electron chi connectivity index (χ4n) is 3.76. The van der Waals surface area contributed by atoms with E-state index in [0.717, 1.165) is 31.2 Å². The van der Waals surface area contributed by atoms with Crippen molar-refractivity contribution >= 4 is 5.91 Å². The molecular formula is C25H43NO2. The zero-order chi connectivity index (χ0) is 20.6. The first kappa shape index (κ1) is 24.7. The minimum Gasteiger partial charge on any atom is -0.386 e. The van der Waals surface area contributed by atoms with Gasteiger partial charge in [-0.3, -0.25) is 4.79 Å². The third-order valence-corrected chi connectivity index (χ3v) is 5.67. The normalized spacial score (nSPS) is 14.4. The van der Waals surface area contributed by atoms with Crippen molar-refractivity contribution in [1.29, 1.82) is 0 Å². The molecule has 3 atom stereocenters. The Labute approximate surface area is 173 Å². The van der Waals surface area contributed by atoms with Gasteiger partial charge in [-0.05, 0) is 25.3 Å². The van der Waals surface area contributed by atoms with Crippen molar-refractivity contribution in [3.05, 3.63) is 35.9 Å². The van der Waals surface area contributed by atoms with Gasteiger partial charge in [-0.1, -0.05) is 108 Å². The summed E-state index contributed by atoms with van der Waals surface area (Å²) in [5.41, 5.74) is 0.853. The molecule has 0 spiro atoms. The van der Waals surface area contributed by atoms with Crippen LogP contribution in [0.3, 0.4) is 0 Å². The van der Waals surface area contributed by atoms with Crippen LogP contribution in [0, 0.1) is 5.92 Å². The van der Waals surface area contributed by atoms with Gasteiger partial charge in [-0.15, -0.1) is 0 Å². The maximum Gasteiger partial charge on any atom is 0.223 e. The average molecular weight is 390 g/mol. The molecule has 0 heterocycles. The lowest BCUT2D eigenvalue weighted by Gasteiger charge is -2.24. The van der Waals surface area contributed by atoms with E-state index < -0.39 is 6.10 Å². The Kier molecular flexibility index (Phi) is 13.7. The number of hydrogen-bond donors (Lipinski definition) is 2. The van der Waals surface area contributed by atoms with Gasteiger partial charge in [0.05, 0.1) is 12.1 Å². The van der Waals surface area contributed by atoms with E-state index in [9.17, 15) is 9.90 Å². The predicted octanol–water partition coefficient (Wildman–Crippen LogP) is 6.56. The molecule has 3 nitrogen and oxygen atoms in total. The zero-order valence-corrected chi connectivity index (χ0v) is 18.5. The number of rotatable bonds is 16. The highest BCUT2D eigenvalue weighted by Gasteiger charge is 2.23. The molecule has 28 heavy (non-hydrogen) atoms. The Morgan fingerprint density at radius 3 is 1.93 bits per heavy atom. The van der Waals surface area contributed by atoms with Crippen LogP contribution < -0.4 is 5.32 Å². The summed E-state index contributed by atoms with van der Waals surface area (Å²) >= 11 is 0. The minimum absolute atomic E-state index is 0.0773. The molecule has 0 aromatic heterocycles. The number of unbranched alkanes of at least 4 members (excludes halogenated alkanes) is 8. The quantitative estimate of drug-likeness (QED) is 0.314. The lowest BCUT2D eigenvalue weighted by Crippen LogP contribution is -2.40. The molecule has 0 saturated carbocycles. The van der Waals surface area contributed by atoms with E-state index in [0.29, 0.717) is 0 Å². The molecule has 3 heteroatoms. The first-order valence-corrected chi connectivity index (χ1v) is 11.6. The summed E-state index contributed by atoms with van der Waals surface area (Å²) in [4.78, 5) is 12.9. The Bertz CT molecular complexity index is 503. The van der Waals surface area contributed by atoms with Crippen LogP contribution in [0.2, 0.25) is 0 Å². The maximum absolute atomic E-state index is 12.9. The number of carbonyl (C=O) groups excluding carboxylic acids is 1. The average Bonchev–Trinajstić information content (AvgIpc) is 2.71. The van der Waals surface area contributed by atoms with Crippen molar-refractivity contribution in [3.63, 3.8) is 0 Å². The number of aliphatic hydroxyl groups is 1. The second kappa shape index (κ2) is 15.6. The van der Waals surface area contributed by atoms with Crippen LogP contribution in [-0.2, 0) is 4.79 Å². The predicted molar refractivity (Wildman–Crippen MR) is 119 cm³/mol. The van der Waals surface area contributed by atoms with Crippen molar-refractivity contribution in [2.24, 2.45) is 5.92 Å². The summed E-state index contributed by atoms with van der Waals surface area (Å²) in [5.74, 6) is 0.195. The first-order chi connectivity index (χ1) is 13.6. The van der Waals surface area contributed by atoms with Gasteiger partial charge in [0, 0.05) is 5.92 Å². The third kappa shape index (κ3) is 10.3. The van der Waals surface area contributed by atoms with Crippen LogP contribution in [0.1, 0.15) is 109 Å². The number of amides is 1. The van der Waals surface area contributed by atoms with Crippen LogP contribution in [-0.4, -0.2) is 17.1 Å². The van der Waals surface area contributed by atoms with Gasteiger partial charge in [0.15, 0.2) is 0 Å². The molecule has 2 N–H and O–H groups in total. The molecule has 0 aliphatic carbocycles. The van der Waals surface area contributed by atoms with E-state index in [-0.39, 0.29) is 17.9 Å². The fourth-order valence-corrected chi connectivity index (χ4v) is 3.76. The van der Waals surface area contributed by atoms with E-state index in [2.05, 4.69) is 19.2 Å². The maximum atomic E-state index is 12.9. The Morgan fingerprint density at radius 2 is 1.36 bits per heavy atom. The van der Waals surface area contributed by atoms with Gasteiger partial charge < -0.3 is 10.4 Å². The van der Waals surface area contributed by atoms with Crippen molar-refractivity contribution in [3.8, 4) is 0 Å².